The maximum Gasteiger partial charge on any atom is 0.472 e. The molecule has 3 N–H and O–H groups in total. The van der Waals surface area contributed by atoms with Crippen LogP contribution >= 0.6 is 15.6 Å². The number of esters is 4. The maximum absolute atomic E-state index is 13.0. The van der Waals surface area contributed by atoms with Crippen LogP contribution in [0, 0.1) is 11.8 Å². The summed E-state index contributed by atoms with van der Waals surface area (Å²) in [6, 6.07) is 0. The summed E-state index contributed by atoms with van der Waals surface area (Å²) in [5, 5.41) is 10.6. The van der Waals surface area contributed by atoms with Crippen molar-refractivity contribution in [1.82, 2.24) is 0 Å². The highest BCUT2D eigenvalue weighted by molar-refractivity contribution is 7.47. The number of phosphoric acid groups is 2. The minimum atomic E-state index is -4.95. The SMILES string of the molecule is CCCCCCCCCCCCCCCCCC(=O)O[C@H](COC(=O)CCCCCCCCCCCC(C)C)COP(=O)(O)OC[C@@H](O)COP(=O)(O)OC[C@@H](COC(=O)CCCCCCCCC(C)C)OC(=O)CCCCCCCCCCCCCC. The minimum Gasteiger partial charge on any atom is -0.462 e. The number of hydrogen-bond donors (Lipinski definition) is 3. The molecule has 88 heavy (non-hydrogen) atoms. The summed E-state index contributed by atoms with van der Waals surface area (Å²) in [4.78, 5) is 72.5. The van der Waals surface area contributed by atoms with Crippen LogP contribution in [0.15, 0.2) is 0 Å². The third kappa shape index (κ3) is 62.8. The first-order valence-corrected chi connectivity index (χ1v) is 39.0. The molecule has 0 aromatic carbocycles. The largest absolute Gasteiger partial charge is 0.472 e. The summed E-state index contributed by atoms with van der Waals surface area (Å²) in [7, 11) is -9.90. The van der Waals surface area contributed by atoms with Gasteiger partial charge < -0.3 is 33.8 Å². The molecule has 0 aliphatic heterocycles. The van der Waals surface area contributed by atoms with Gasteiger partial charge in [0.1, 0.15) is 19.3 Å². The second kappa shape index (κ2) is 61.3. The fraction of sp³-hybridized carbons (Fsp3) is 0.942. The van der Waals surface area contributed by atoms with Crippen LogP contribution in [0.5, 0.6) is 0 Å². The number of aliphatic hydroxyl groups excluding tert-OH is 1. The van der Waals surface area contributed by atoms with E-state index >= 15 is 0 Å². The molecule has 0 saturated carbocycles. The van der Waals surface area contributed by atoms with Gasteiger partial charge in [-0.3, -0.25) is 37.3 Å². The number of carbonyl (C=O) groups excluding carboxylic acids is 4. The number of unbranched alkanes of at least 4 members (excludes halogenated alkanes) is 38. The Morgan fingerprint density at radius 3 is 0.773 bits per heavy atom. The molecule has 0 radical (unpaired) electrons. The minimum absolute atomic E-state index is 0.106. The Labute approximate surface area is 537 Å². The van der Waals surface area contributed by atoms with E-state index in [2.05, 4.69) is 41.5 Å². The van der Waals surface area contributed by atoms with Crippen LogP contribution in [0.2, 0.25) is 0 Å². The molecule has 19 heteroatoms. The number of rotatable bonds is 68. The van der Waals surface area contributed by atoms with Crippen molar-refractivity contribution in [2.45, 2.75) is 368 Å². The molecule has 0 aromatic rings. The first-order valence-electron chi connectivity index (χ1n) is 36.0. The van der Waals surface area contributed by atoms with Gasteiger partial charge in [-0.25, -0.2) is 9.13 Å². The average molecular weight is 1300 g/mol. The van der Waals surface area contributed by atoms with Gasteiger partial charge in [0.05, 0.1) is 26.4 Å². The van der Waals surface area contributed by atoms with E-state index in [-0.39, 0.29) is 25.7 Å². The number of hydrogen-bond acceptors (Lipinski definition) is 15. The smallest absolute Gasteiger partial charge is 0.462 e. The van der Waals surface area contributed by atoms with Gasteiger partial charge in [0.15, 0.2) is 12.2 Å². The highest BCUT2D eigenvalue weighted by atomic mass is 31.2. The van der Waals surface area contributed by atoms with Crippen molar-refractivity contribution in [3.05, 3.63) is 0 Å². The molecule has 0 rings (SSSR count). The van der Waals surface area contributed by atoms with Crippen LogP contribution in [-0.2, 0) is 65.4 Å². The quantitative estimate of drug-likeness (QED) is 0.0222. The Kier molecular flexibility index (Phi) is 59.9. The van der Waals surface area contributed by atoms with Gasteiger partial charge in [0.2, 0.25) is 0 Å². The zero-order chi connectivity index (χ0) is 65.0. The third-order valence-corrected chi connectivity index (χ3v) is 17.9. The Bertz CT molecular complexity index is 1720. The Morgan fingerprint density at radius 1 is 0.307 bits per heavy atom. The monoisotopic (exact) mass is 1300 g/mol. The molecule has 0 fully saturated rings. The van der Waals surface area contributed by atoms with Gasteiger partial charge in [-0.2, -0.15) is 0 Å². The standard InChI is InChI=1S/C69H134O17P2/c1-7-9-11-13-15-17-19-21-22-23-25-29-34-42-48-54-69(74)85-64(57-79-66(71)51-45-39-32-30-26-27-31-37-43-49-61(3)4)59-83-87(75,76)81-55-63(70)56-82-88(77,78)84-60-65(58-80-67(72)52-46-40-36-35-38-44-50-62(5)6)86-68(73)53-47-41-33-28-24-20-18-16-14-12-10-8-2/h61-65,70H,7-60H2,1-6H3,(H,75,76)(H,77,78)/t63-,64-,65-/m1/s1. The van der Waals surface area contributed by atoms with E-state index < -0.39 is 97.5 Å². The molecule has 0 bridgehead atoms. The first-order chi connectivity index (χ1) is 42.4. The molecular weight excluding hydrogens is 1160 g/mol. The molecule has 0 amide bonds. The average Bonchev–Trinajstić information content (AvgIpc) is 3.70. The van der Waals surface area contributed by atoms with Crippen molar-refractivity contribution in [3.63, 3.8) is 0 Å². The van der Waals surface area contributed by atoms with Crippen LogP contribution in [0.1, 0.15) is 350 Å². The zero-order valence-electron chi connectivity index (χ0n) is 57.0. The molecule has 0 saturated heterocycles. The lowest BCUT2D eigenvalue weighted by Crippen LogP contribution is -2.30. The maximum atomic E-state index is 13.0. The van der Waals surface area contributed by atoms with Crippen molar-refractivity contribution in [2.75, 3.05) is 39.6 Å². The molecule has 0 aliphatic rings. The number of carbonyl (C=O) groups is 4. The highest BCUT2D eigenvalue weighted by Crippen LogP contribution is 2.45. The lowest BCUT2D eigenvalue weighted by Gasteiger charge is -2.21. The summed E-state index contributed by atoms with van der Waals surface area (Å²) in [6.07, 6.45) is 45.9. The van der Waals surface area contributed by atoms with Gasteiger partial charge in [0.25, 0.3) is 0 Å². The van der Waals surface area contributed by atoms with E-state index in [4.69, 9.17) is 37.0 Å². The van der Waals surface area contributed by atoms with E-state index in [0.717, 1.165) is 102 Å². The second-order valence-electron chi connectivity index (χ2n) is 25.9. The summed E-state index contributed by atoms with van der Waals surface area (Å²) < 4.78 is 68.2. The van der Waals surface area contributed by atoms with E-state index in [1.807, 2.05) is 0 Å². The lowest BCUT2D eigenvalue weighted by atomic mass is 10.0. The number of ether oxygens (including phenoxy) is 4. The van der Waals surface area contributed by atoms with Gasteiger partial charge >= 0.3 is 39.5 Å². The van der Waals surface area contributed by atoms with Gasteiger partial charge in [-0.15, -0.1) is 0 Å². The fourth-order valence-corrected chi connectivity index (χ4v) is 12.0. The van der Waals surface area contributed by atoms with E-state index in [1.165, 1.54) is 161 Å². The fourth-order valence-electron chi connectivity index (χ4n) is 10.4. The van der Waals surface area contributed by atoms with Crippen molar-refractivity contribution in [1.29, 1.82) is 0 Å². The summed E-state index contributed by atoms with van der Waals surface area (Å²) in [5.41, 5.74) is 0. The molecule has 2 unspecified atom stereocenters. The van der Waals surface area contributed by atoms with E-state index in [1.54, 1.807) is 0 Å². The normalized spacial score (nSPS) is 14.2. The van der Waals surface area contributed by atoms with Crippen molar-refractivity contribution < 1.29 is 80.2 Å². The number of phosphoric ester groups is 2. The zero-order valence-corrected chi connectivity index (χ0v) is 58.8. The molecule has 17 nitrogen and oxygen atoms in total. The van der Waals surface area contributed by atoms with Gasteiger partial charge in [0, 0.05) is 25.7 Å². The summed E-state index contributed by atoms with van der Waals surface area (Å²) >= 11 is 0. The molecular formula is C69H134O17P2. The predicted octanol–water partition coefficient (Wildman–Crippen LogP) is 19.6. The van der Waals surface area contributed by atoms with Gasteiger partial charge in [-0.1, -0.05) is 298 Å². The Balaban J connectivity index is 5.24. The van der Waals surface area contributed by atoms with Crippen molar-refractivity contribution >= 4 is 39.5 Å². The molecule has 0 aromatic heterocycles. The second-order valence-corrected chi connectivity index (χ2v) is 28.8. The van der Waals surface area contributed by atoms with Crippen LogP contribution < -0.4 is 0 Å². The Hall–Kier alpha value is -1.94. The van der Waals surface area contributed by atoms with Crippen LogP contribution in [0.25, 0.3) is 0 Å². The van der Waals surface area contributed by atoms with Crippen molar-refractivity contribution in [3.8, 4) is 0 Å². The molecule has 0 aliphatic carbocycles. The molecule has 0 spiro atoms. The topological polar surface area (TPSA) is 237 Å². The number of aliphatic hydroxyl groups is 1. The molecule has 5 atom stereocenters. The third-order valence-electron chi connectivity index (χ3n) is 16.0. The van der Waals surface area contributed by atoms with Crippen LogP contribution in [0.3, 0.4) is 0 Å². The van der Waals surface area contributed by atoms with Crippen molar-refractivity contribution in [2.24, 2.45) is 11.8 Å². The van der Waals surface area contributed by atoms with Crippen LogP contribution in [-0.4, -0.2) is 96.7 Å². The van der Waals surface area contributed by atoms with Gasteiger partial charge in [-0.05, 0) is 37.5 Å². The lowest BCUT2D eigenvalue weighted by molar-refractivity contribution is -0.161. The predicted molar refractivity (Wildman–Crippen MR) is 354 cm³/mol. The summed E-state index contributed by atoms with van der Waals surface area (Å²) in [6.45, 7) is 9.44. The molecule has 0 heterocycles. The molecule has 522 valence electrons. The van der Waals surface area contributed by atoms with Crippen LogP contribution in [0.4, 0.5) is 0 Å². The van der Waals surface area contributed by atoms with E-state index in [9.17, 15) is 43.2 Å². The summed E-state index contributed by atoms with van der Waals surface area (Å²) in [5.74, 6) is -0.702. The highest BCUT2D eigenvalue weighted by Gasteiger charge is 2.30. The Morgan fingerprint density at radius 2 is 0.523 bits per heavy atom. The van der Waals surface area contributed by atoms with E-state index in [0.29, 0.717) is 31.6 Å². The first kappa shape index (κ1) is 86.1.